The van der Waals surface area contributed by atoms with E-state index in [0.29, 0.717) is 19.4 Å². The van der Waals surface area contributed by atoms with Gasteiger partial charge in [0, 0.05) is 13.5 Å². The zero-order valence-corrected chi connectivity index (χ0v) is 12.2. The van der Waals surface area contributed by atoms with E-state index in [0.717, 1.165) is 5.75 Å². The van der Waals surface area contributed by atoms with Gasteiger partial charge in [-0.1, -0.05) is 17.7 Å². The number of hydrogen-bond donors (Lipinski definition) is 0. The molecule has 0 aromatic heterocycles. The van der Waals surface area contributed by atoms with Crippen LogP contribution < -0.4 is 4.74 Å². The van der Waals surface area contributed by atoms with Gasteiger partial charge in [0.05, 0.1) is 13.7 Å². The van der Waals surface area contributed by atoms with Crippen LogP contribution in [0.15, 0.2) is 24.3 Å². The highest BCUT2D eigenvalue weighted by molar-refractivity contribution is 5.81. The topological polar surface area (TPSA) is 55.8 Å². The zero-order valence-electron chi connectivity index (χ0n) is 12.2. The van der Waals surface area contributed by atoms with Gasteiger partial charge in [-0.2, -0.15) is 0 Å². The minimum Gasteiger partial charge on any atom is -0.494 e. The molecule has 1 rings (SSSR count). The molecule has 0 aliphatic carbocycles. The number of esters is 1. The standard InChI is InChI=1S/C15H21NO4/c1-12-6-8-13(9-7-12)20-10-4-5-14(17)16(2)11-15(18)19-3/h6-9H,4-5,10-11H2,1-3H3. The van der Waals surface area contributed by atoms with Crippen molar-refractivity contribution in [3.8, 4) is 5.75 Å². The van der Waals surface area contributed by atoms with Gasteiger partial charge < -0.3 is 14.4 Å². The van der Waals surface area contributed by atoms with Crippen molar-refractivity contribution >= 4 is 11.9 Å². The number of carbonyl (C=O) groups excluding carboxylic acids is 2. The molecule has 5 nitrogen and oxygen atoms in total. The summed E-state index contributed by atoms with van der Waals surface area (Å²) in [6.07, 6.45) is 0.956. The normalized spacial score (nSPS) is 9.95. The molecular formula is C15H21NO4. The Morgan fingerprint density at radius 3 is 2.45 bits per heavy atom. The van der Waals surface area contributed by atoms with E-state index in [9.17, 15) is 9.59 Å². The van der Waals surface area contributed by atoms with Crippen molar-refractivity contribution in [1.29, 1.82) is 0 Å². The molecule has 0 bridgehead atoms. The summed E-state index contributed by atoms with van der Waals surface area (Å²) in [5.74, 6) is 0.283. The number of rotatable bonds is 7. The monoisotopic (exact) mass is 279 g/mol. The smallest absolute Gasteiger partial charge is 0.325 e. The number of aryl methyl sites for hydroxylation is 1. The Labute approximate surface area is 119 Å². The molecule has 0 N–H and O–H groups in total. The van der Waals surface area contributed by atoms with Gasteiger partial charge in [-0.25, -0.2) is 0 Å². The van der Waals surface area contributed by atoms with Gasteiger partial charge in [0.1, 0.15) is 12.3 Å². The molecule has 1 aromatic rings. The third-order valence-corrected chi connectivity index (χ3v) is 2.84. The lowest BCUT2D eigenvalue weighted by Crippen LogP contribution is -2.32. The molecule has 20 heavy (non-hydrogen) atoms. The van der Waals surface area contributed by atoms with Crippen LogP contribution in [0.4, 0.5) is 0 Å². The number of hydrogen-bond acceptors (Lipinski definition) is 4. The molecule has 1 aromatic carbocycles. The van der Waals surface area contributed by atoms with E-state index in [1.807, 2.05) is 31.2 Å². The van der Waals surface area contributed by atoms with E-state index >= 15 is 0 Å². The van der Waals surface area contributed by atoms with E-state index in [4.69, 9.17) is 4.74 Å². The number of methoxy groups -OCH3 is 1. The first-order valence-electron chi connectivity index (χ1n) is 6.53. The van der Waals surface area contributed by atoms with Crippen LogP contribution in [0.1, 0.15) is 18.4 Å². The third kappa shape index (κ3) is 5.73. The lowest BCUT2D eigenvalue weighted by molar-refractivity contribution is -0.146. The van der Waals surface area contributed by atoms with Crippen LogP contribution in [0, 0.1) is 6.92 Å². The van der Waals surface area contributed by atoms with Gasteiger partial charge >= 0.3 is 5.97 Å². The van der Waals surface area contributed by atoms with Crippen molar-refractivity contribution < 1.29 is 19.1 Å². The SMILES string of the molecule is COC(=O)CN(C)C(=O)CCCOc1ccc(C)cc1. The predicted octanol–water partition coefficient (Wildman–Crippen LogP) is 1.79. The fourth-order valence-electron chi connectivity index (χ4n) is 1.59. The average Bonchev–Trinajstić information content (AvgIpc) is 2.44. The molecule has 0 heterocycles. The van der Waals surface area contributed by atoms with E-state index < -0.39 is 5.97 Å². The predicted molar refractivity (Wildman–Crippen MR) is 75.6 cm³/mol. The molecule has 1 amide bonds. The Kier molecular flexibility index (Phi) is 6.56. The Morgan fingerprint density at radius 2 is 1.85 bits per heavy atom. The average molecular weight is 279 g/mol. The molecule has 0 atom stereocenters. The number of likely N-dealkylation sites (N-methyl/N-ethyl adjacent to an activating group) is 1. The highest BCUT2D eigenvalue weighted by Gasteiger charge is 2.12. The summed E-state index contributed by atoms with van der Waals surface area (Å²) in [7, 11) is 2.89. The molecule has 0 unspecified atom stereocenters. The molecule has 0 aliphatic heterocycles. The van der Waals surface area contributed by atoms with Crippen molar-refractivity contribution in [3.63, 3.8) is 0 Å². The maximum atomic E-state index is 11.7. The van der Waals surface area contributed by atoms with Crippen molar-refractivity contribution in [2.24, 2.45) is 0 Å². The highest BCUT2D eigenvalue weighted by Crippen LogP contribution is 2.11. The van der Waals surface area contributed by atoms with Gasteiger partial charge in [0.15, 0.2) is 0 Å². The second kappa shape index (κ2) is 8.19. The summed E-state index contributed by atoms with van der Waals surface area (Å²) in [6.45, 7) is 2.47. The molecule has 0 saturated heterocycles. The summed E-state index contributed by atoms with van der Waals surface area (Å²) in [4.78, 5) is 24.1. The fraction of sp³-hybridized carbons (Fsp3) is 0.467. The first-order chi connectivity index (χ1) is 9.52. The van der Waals surface area contributed by atoms with Crippen LogP contribution in [0.3, 0.4) is 0 Å². The number of nitrogens with zero attached hydrogens (tertiary/aromatic N) is 1. The maximum absolute atomic E-state index is 11.7. The molecule has 0 spiro atoms. The largest absolute Gasteiger partial charge is 0.494 e. The summed E-state index contributed by atoms with van der Waals surface area (Å²) in [6, 6.07) is 7.76. The van der Waals surface area contributed by atoms with E-state index in [1.54, 1.807) is 7.05 Å². The quantitative estimate of drug-likeness (QED) is 0.564. The Bertz CT molecular complexity index is 442. The summed E-state index contributed by atoms with van der Waals surface area (Å²) in [5, 5.41) is 0. The summed E-state index contributed by atoms with van der Waals surface area (Å²) < 4.78 is 10.0. The Hall–Kier alpha value is -2.04. The van der Waals surface area contributed by atoms with Gasteiger partial charge in [-0.15, -0.1) is 0 Å². The Balaban J connectivity index is 2.21. The number of benzene rings is 1. The summed E-state index contributed by atoms with van der Waals surface area (Å²) in [5.41, 5.74) is 1.18. The number of ether oxygens (including phenoxy) is 2. The molecule has 0 radical (unpaired) electrons. The first kappa shape index (κ1) is 16.0. The lowest BCUT2D eigenvalue weighted by Gasteiger charge is -2.15. The fourth-order valence-corrected chi connectivity index (χ4v) is 1.59. The molecule has 0 aliphatic rings. The van der Waals surface area contributed by atoms with Gasteiger partial charge in [-0.05, 0) is 25.5 Å². The molecule has 0 fully saturated rings. The highest BCUT2D eigenvalue weighted by atomic mass is 16.5. The van der Waals surface area contributed by atoms with Gasteiger partial charge in [0.25, 0.3) is 0 Å². The second-order valence-corrected chi connectivity index (χ2v) is 4.59. The van der Waals surface area contributed by atoms with E-state index in [1.165, 1.54) is 17.6 Å². The van der Waals surface area contributed by atoms with Crippen molar-refractivity contribution in [2.45, 2.75) is 19.8 Å². The van der Waals surface area contributed by atoms with Crippen LogP contribution in [0.25, 0.3) is 0 Å². The van der Waals surface area contributed by atoms with E-state index in [-0.39, 0.29) is 12.5 Å². The Morgan fingerprint density at radius 1 is 1.20 bits per heavy atom. The van der Waals surface area contributed by atoms with Crippen molar-refractivity contribution in [1.82, 2.24) is 4.90 Å². The number of carbonyl (C=O) groups is 2. The maximum Gasteiger partial charge on any atom is 0.325 e. The molecule has 110 valence electrons. The first-order valence-corrected chi connectivity index (χ1v) is 6.53. The minimum atomic E-state index is -0.420. The molecule has 5 heteroatoms. The van der Waals surface area contributed by atoms with E-state index in [2.05, 4.69) is 4.74 Å². The van der Waals surface area contributed by atoms with Crippen LogP contribution in [-0.2, 0) is 14.3 Å². The van der Waals surface area contributed by atoms with Crippen molar-refractivity contribution in [2.75, 3.05) is 27.3 Å². The van der Waals surface area contributed by atoms with Gasteiger partial charge in [0.2, 0.25) is 5.91 Å². The van der Waals surface area contributed by atoms with Crippen molar-refractivity contribution in [3.05, 3.63) is 29.8 Å². The van der Waals surface area contributed by atoms with Crippen LogP contribution in [-0.4, -0.2) is 44.1 Å². The molecule has 0 saturated carbocycles. The van der Waals surface area contributed by atoms with Crippen LogP contribution in [0.5, 0.6) is 5.75 Å². The molecular weight excluding hydrogens is 258 g/mol. The third-order valence-electron chi connectivity index (χ3n) is 2.84. The summed E-state index contributed by atoms with van der Waals surface area (Å²) >= 11 is 0. The minimum absolute atomic E-state index is 0.0197. The van der Waals surface area contributed by atoms with Crippen LogP contribution >= 0.6 is 0 Å². The number of amides is 1. The van der Waals surface area contributed by atoms with Crippen LogP contribution in [0.2, 0.25) is 0 Å². The lowest BCUT2D eigenvalue weighted by atomic mass is 10.2. The second-order valence-electron chi connectivity index (χ2n) is 4.59. The van der Waals surface area contributed by atoms with Gasteiger partial charge in [-0.3, -0.25) is 9.59 Å². The zero-order chi connectivity index (χ0) is 15.0.